The lowest BCUT2D eigenvalue weighted by molar-refractivity contribution is -0.143. The summed E-state index contributed by atoms with van der Waals surface area (Å²) in [5.74, 6) is -1.22. The van der Waals surface area contributed by atoms with E-state index in [4.69, 9.17) is 0 Å². The maximum Gasteiger partial charge on any atom is 0.316 e. The van der Waals surface area contributed by atoms with Crippen LogP contribution < -0.4 is 0 Å². The second-order valence-corrected chi connectivity index (χ2v) is 3.51. The van der Waals surface area contributed by atoms with Crippen LogP contribution in [0.3, 0.4) is 0 Å². The second kappa shape index (κ2) is 3.81. The lowest BCUT2D eigenvalue weighted by Crippen LogP contribution is -2.30. The van der Waals surface area contributed by atoms with E-state index in [1.165, 1.54) is 7.11 Å². The minimum absolute atomic E-state index is 0.148. The number of aromatic nitrogens is 1. The summed E-state index contributed by atoms with van der Waals surface area (Å²) < 4.78 is 4.60. The third-order valence-corrected chi connectivity index (χ3v) is 2.67. The first-order valence-electron chi connectivity index (χ1n) is 4.79. The fourth-order valence-corrected chi connectivity index (χ4v) is 1.85. The summed E-state index contributed by atoms with van der Waals surface area (Å²) in [6, 6.07) is 1.66. The maximum absolute atomic E-state index is 11.9. The Morgan fingerprint density at radius 1 is 1.60 bits per heavy atom. The van der Waals surface area contributed by atoms with Crippen molar-refractivity contribution in [2.45, 2.75) is 12.8 Å². The molecule has 0 spiro atoms. The van der Waals surface area contributed by atoms with E-state index in [-0.39, 0.29) is 5.78 Å². The first-order chi connectivity index (χ1) is 7.24. The van der Waals surface area contributed by atoms with Gasteiger partial charge in [0.1, 0.15) is 5.92 Å². The zero-order valence-corrected chi connectivity index (χ0v) is 8.40. The first-order valence-corrected chi connectivity index (χ1v) is 4.79. The van der Waals surface area contributed by atoms with E-state index in [0.717, 1.165) is 5.56 Å². The molecule has 0 bridgehead atoms. The van der Waals surface area contributed by atoms with Gasteiger partial charge < -0.3 is 4.74 Å². The van der Waals surface area contributed by atoms with E-state index < -0.39 is 11.9 Å². The largest absolute Gasteiger partial charge is 0.468 e. The molecule has 1 aliphatic rings. The predicted molar refractivity (Wildman–Crippen MR) is 52.4 cm³/mol. The van der Waals surface area contributed by atoms with Crippen LogP contribution >= 0.6 is 0 Å². The van der Waals surface area contributed by atoms with Crippen LogP contribution in [0, 0.1) is 5.92 Å². The number of ketones is 1. The van der Waals surface area contributed by atoms with Gasteiger partial charge in [-0.2, -0.15) is 0 Å². The van der Waals surface area contributed by atoms with Gasteiger partial charge in [-0.1, -0.05) is 0 Å². The van der Waals surface area contributed by atoms with Crippen LogP contribution in [0.25, 0.3) is 0 Å². The normalized spacial score (nSPS) is 19.5. The van der Waals surface area contributed by atoms with Gasteiger partial charge in [-0.15, -0.1) is 0 Å². The number of fused-ring (bicyclic) bond motifs is 1. The highest BCUT2D eigenvalue weighted by atomic mass is 16.5. The number of esters is 1. The van der Waals surface area contributed by atoms with Crippen LogP contribution in [-0.2, 0) is 16.0 Å². The van der Waals surface area contributed by atoms with Crippen molar-refractivity contribution in [2.75, 3.05) is 7.11 Å². The van der Waals surface area contributed by atoms with Crippen LogP contribution in [0.5, 0.6) is 0 Å². The van der Waals surface area contributed by atoms with Gasteiger partial charge in [-0.25, -0.2) is 0 Å². The molecular weight excluding hydrogens is 194 g/mol. The SMILES string of the molecule is COC(=O)C1CCc2cnccc2C1=O. The summed E-state index contributed by atoms with van der Waals surface area (Å²) in [6.45, 7) is 0. The number of pyridine rings is 1. The first kappa shape index (κ1) is 9.83. The molecule has 1 aliphatic carbocycles. The molecule has 1 heterocycles. The molecule has 4 nitrogen and oxygen atoms in total. The minimum Gasteiger partial charge on any atom is -0.468 e. The molecule has 1 atom stereocenters. The molecule has 0 fully saturated rings. The molecule has 1 unspecified atom stereocenters. The third-order valence-electron chi connectivity index (χ3n) is 2.67. The molecular formula is C11H11NO3. The topological polar surface area (TPSA) is 56.3 Å². The summed E-state index contributed by atoms with van der Waals surface area (Å²) in [5, 5.41) is 0. The number of aryl methyl sites for hydroxylation is 1. The molecule has 4 heteroatoms. The van der Waals surface area contributed by atoms with Crippen molar-refractivity contribution in [3.05, 3.63) is 29.6 Å². The van der Waals surface area contributed by atoms with Gasteiger partial charge in [0.2, 0.25) is 0 Å². The molecule has 0 radical (unpaired) electrons. The Bertz CT molecular complexity index is 414. The van der Waals surface area contributed by atoms with Crippen LogP contribution in [0.2, 0.25) is 0 Å². The Hall–Kier alpha value is -1.71. The Balaban J connectivity index is 2.34. The van der Waals surface area contributed by atoms with E-state index in [2.05, 4.69) is 9.72 Å². The number of carbonyl (C=O) groups is 2. The van der Waals surface area contributed by atoms with Crippen LogP contribution in [0.15, 0.2) is 18.5 Å². The fraction of sp³-hybridized carbons (Fsp3) is 0.364. The molecule has 1 aromatic rings. The lowest BCUT2D eigenvalue weighted by Gasteiger charge is -2.20. The van der Waals surface area contributed by atoms with Crippen LogP contribution in [-0.4, -0.2) is 23.8 Å². The average molecular weight is 205 g/mol. The van der Waals surface area contributed by atoms with Crippen molar-refractivity contribution < 1.29 is 14.3 Å². The second-order valence-electron chi connectivity index (χ2n) is 3.51. The van der Waals surface area contributed by atoms with Gasteiger partial charge in [0.25, 0.3) is 0 Å². The van der Waals surface area contributed by atoms with E-state index >= 15 is 0 Å². The van der Waals surface area contributed by atoms with Gasteiger partial charge in [0.15, 0.2) is 5.78 Å². The highest BCUT2D eigenvalue weighted by Gasteiger charge is 2.33. The van der Waals surface area contributed by atoms with Crippen molar-refractivity contribution in [2.24, 2.45) is 5.92 Å². The van der Waals surface area contributed by atoms with Crippen LogP contribution in [0.1, 0.15) is 22.3 Å². The molecule has 0 saturated carbocycles. The van der Waals surface area contributed by atoms with Gasteiger partial charge in [0, 0.05) is 18.0 Å². The zero-order chi connectivity index (χ0) is 10.8. The minimum atomic E-state index is -0.634. The fourth-order valence-electron chi connectivity index (χ4n) is 1.85. The molecule has 78 valence electrons. The Morgan fingerprint density at radius 3 is 3.13 bits per heavy atom. The zero-order valence-electron chi connectivity index (χ0n) is 8.40. The van der Waals surface area contributed by atoms with Gasteiger partial charge in [0.05, 0.1) is 7.11 Å². The summed E-state index contributed by atoms with van der Waals surface area (Å²) in [5.41, 5.74) is 1.52. The molecule has 0 amide bonds. The van der Waals surface area contributed by atoms with E-state index in [0.29, 0.717) is 18.4 Å². The number of rotatable bonds is 1. The van der Waals surface area contributed by atoms with Crippen molar-refractivity contribution in [3.63, 3.8) is 0 Å². The number of hydrogen-bond acceptors (Lipinski definition) is 4. The molecule has 0 saturated heterocycles. The van der Waals surface area contributed by atoms with Crippen molar-refractivity contribution in [3.8, 4) is 0 Å². The maximum atomic E-state index is 11.9. The summed E-state index contributed by atoms with van der Waals surface area (Å²) in [4.78, 5) is 27.2. The summed E-state index contributed by atoms with van der Waals surface area (Å²) in [7, 11) is 1.30. The smallest absolute Gasteiger partial charge is 0.316 e. The van der Waals surface area contributed by atoms with Crippen LogP contribution in [0.4, 0.5) is 0 Å². The van der Waals surface area contributed by atoms with Crippen molar-refractivity contribution in [1.82, 2.24) is 4.98 Å². The number of methoxy groups -OCH3 is 1. The average Bonchev–Trinajstić information content (AvgIpc) is 2.29. The third kappa shape index (κ3) is 1.63. The molecule has 15 heavy (non-hydrogen) atoms. The Morgan fingerprint density at radius 2 is 2.40 bits per heavy atom. The lowest BCUT2D eigenvalue weighted by atomic mass is 9.84. The van der Waals surface area contributed by atoms with Crippen molar-refractivity contribution >= 4 is 11.8 Å². The number of nitrogens with zero attached hydrogens (tertiary/aromatic N) is 1. The Labute approximate surface area is 87.3 Å². The molecule has 2 rings (SSSR count). The predicted octanol–water partition coefficient (Wildman–Crippen LogP) is 1.000. The standard InChI is InChI=1S/C11H11NO3/c1-15-11(14)9-3-2-7-6-12-5-4-8(7)10(9)13/h4-6,9H,2-3H2,1H3. The highest BCUT2D eigenvalue weighted by Crippen LogP contribution is 2.25. The Kier molecular flexibility index (Phi) is 2.49. The van der Waals surface area contributed by atoms with Gasteiger partial charge >= 0.3 is 5.97 Å². The number of hydrogen-bond donors (Lipinski definition) is 0. The van der Waals surface area contributed by atoms with E-state index in [9.17, 15) is 9.59 Å². The number of Topliss-reactive ketones (excluding diaryl/α,β-unsaturated/α-hetero) is 1. The number of carbonyl (C=O) groups excluding carboxylic acids is 2. The quantitative estimate of drug-likeness (QED) is 0.507. The summed E-state index contributed by atoms with van der Waals surface area (Å²) in [6.07, 6.45) is 4.47. The summed E-state index contributed by atoms with van der Waals surface area (Å²) >= 11 is 0. The van der Waals surface area contributed by atoms with Gasteiger partial charge in [-0.05, 0) is 24.5 Å². The molecule has 0 N–H and O–H groups in total. The van der Waals surface area contributed by atoms with Crippen molar-refractivity contribution in [1.29, 1.82) is 0 Å². The van der Waals surface area contributed by atoms with E-state index in [1.54, 1.807) is 18.5 Å². The highest BCUT2D eigenvalue weighted by molar-refractivity contribution is 6.10. The van der Waals surface area contributed by atoms with Gasteiger partial charge in [-0.3, -0.25) is 14.6 Å². The molecule has 1 aromatic heterocycles. The van der Waals surface area contributed by atoms with E-state index in [1.807, 2.05) is 0 Å². The molecule has 0 aliphatic heterocycles. The molecule has 0 aromatic carbocycles. The number of ether oxygens (including phenoxy) is 1. The monoisotopic (exact) mass is 205 g/mol.